The number of carbonyl (C=O) groups excluding carboxylic acids is 2. The molecule has 8 atom stereocenters. The van der Waals surface area contributed by atoms with Crippen molar-refractivity contribution in [2.75, 3.05) is 13.2 Å². The number of phosphoric ester groups is 2. The summed E-state index contributed by atoms with van der Waals surface area (Å²) in [6, 6.07) is 0. The Hall–Kier alpha value is -3.92. The standard InChI is InChI=1S/C22H22O30P2/c1-2-3-4-5-6-7-8-9-10-11-15(23)35-12-14(37-22(28)38-42-44-46-48-50-52-51-49-47-45-43-41-29)13-36-54(33,34)40-21-18(26)16(24)17(25)20(19(21)27)39-53(30,31)32/h14,16-21,24-27,29H,12-13H2,1H3,(H,33,34)(H2,30,31,32)/t14-,16?,17-,18+,19?,20-,21?/m1/s1. The van der Waals surface area contributed by atoms with Crippen molar-refractivity contribution in [3.05, 3.63) is 0 Å². The predicted octanol–water partition coefficient (Wildman–Crippen LogP) is -3.82. The number of ether oxygens (including phenoxy) is 2. The Morgan fingerprint density at radius 2 is 1.11 bits per heavy atom. The summed E-state index contributed by atoms with van der Waals surface area (Å²) in [6.07, 6.45) is -18.3. The second-order valence-corrected chi connectivity index (χ2v) is 10.8. The number of hydrogen-bond acceptors (Lipinski definition) is 27. The van der Waals surface area contributed by atoms with E-state index < -0.39 is 83.7 Å². The quantitative estimate of drug-likeness (QED) is 0.00985. The maximum Gasteiger partial charge on any atom is 0.543 e. The molecule has 1 saturated carbocycles. The van der Waals surface area contributed by atoms with Gasteiger partial charge in [0.2, 0.25) is 0 Å². The SMILES string of the molecule is CC#CC#CC#CC#CC#CC(=O)OC[C@H](COP(=O)(O)OC1C(O)[C@H](OP(=O)(O)O)[C@H](O)C(O)[C@@H]1O)OC(=O)OOOOOOOOOOOOOO. The highest BCUT2D eigenvalue weighted by Crippen LogP contribution is 2.48. The Balaban J connectivity index is 2.83. The molecule has 1 rings (SSSR count). The topological polar surface area (TPSA) is 396 Å². The summed E-state index contributed by atoms with van der Waals surface area (Å²) in [5.74, 6) is 21.2. The zero-order valence-corrected chi connectivity index (χ0v) is 27.7. The molecule has 8 N–H and O–H groups in total. The lowest BCUT2D eigenvalue weighted by molar-refractivity contribution is -0.874. The Kier molecular flexibility index (Phi) is 23.9. The van der Waals surface area contributed by atoms with Crippen LogP contribution in [0.2, 0.25) is 0 Å². The molecule has 32 heteroatoms. The number of esters is 1. The molecule has 30 nitrogen and oxygen atoms in total. The van der Waals surface area contributed by atoms with Gasteiger partial charge >= 0.3 is 27.8 Å². The Morgan fingerprint density at radius 1 is 0.630 bits per heavy atom. The van der Waals surface area contributed by atoms with Crippen LogP contribution in [0.15, 0.2) is 0 Å². The van der Waals surface area contributed by atoms with E-state index in [2.05, 4.69) is 131 Å². The molecule has 4 unspecified atom stereocenters. The van der Waals surface area contributed by atoms with Crippen LogP contribution in [0, 0.1) is 59.2 Å². The van der Waals surface area contributed by atoms with Gasteiger partial charge in [-0.3, -0.25) is 13.6 Å². The fraction of sp³-hybridized carbons (Fsp3) is 0.455. The molecule has 0 bridgehead atoms. The van der Waals surface area contributed by atoms with Crippen molar-refractivity contribution in [2.24, 2.45) is 0 Å². The summed E-state index contributed by atoms with van der Waals surface area (Å²) in [6.45, 7) is -0.776. The van der Waals surface area contributed by atoms with Crippen LogP contribution in [0.4, 0.5) is 4.79 Å². The number of rotatable bonds is 22. The van der Waals surface area contributed by atoms with Gasteiger partial charge in [-0.15, -0.1) is 0 Å². The average Bonchev–Trinajstić information content (AvgIpc) is 3.11. The van der Waals surface area contributed by atoms with E-state index in [1.807, 2.05) is 11.8 Å². The van der Waals surface area contributed by atoms with Crippen molar-refractivity contribution in [2.45, 2.75) is 49.7 Å². The zero-order valence-electron chi connectivity index (χ0n) is 25.9. The normalized spacial score (nSPS) is 21.9. The third-order valence-electron chi connectivity index (χ3n) is 4.78. The molecular formula is C22H22O30P2. The number of hydrogen-bond donors (Lipinski definition) is 8. The second kappa shape index (κ2) is 26.8. The molecular weight excluding hydrogens is 806 g/mol. The van der Waals surface area contributed by atoms with E-state index in [0.717, 1.165) is 0 Å². The van der Waals surface area contributed by atoms with Crippen molar-refractivity contribution in [3.63, 3.8) is 0 Å². The predicted molar refractivity (Wildman–Crippen MR) is 144 cm³/mol. The van der Waals surface area contributed by atoms with Crippen LogP contribution >= 0.6 is 15.6 Å². The summed E-state index contributed by atoms with van der Waals surface area (Å²) < 4.78 is 46.6. The largest absolute Gasteiger partial charge is 0.543 e. The van der Waals surface area contributed by atoms with Crippen LogP contribution in [-0.2, 0) is 102 Å². The third-order valence-corrected chi connectivity index (χ3v) is 6.29. The first-order valence-electron chi connectivity index (χ1n) is 12.8. The summed E-state index contributed by atoms with van der Waals surface area (Å²) in [7, 11) is -11.0. The van der Waals surface area contributed by atoms with Crippen molar-refractivity contribution < 1.29 is 147 Å². The van der Waals surface area contributed by atoms with Gasteiger partial charge in [0.15, 0.2) is 6.10 Å². The lowest BCUT2D eigenvalue weighted by atomic mass is 9.85. The summed E-state index contributed by atoms with van der Waals surface area (Å²) in [5.41, 5.74) is 0. The molecule has 0 spiro atoms. The van der Waals surface area contributed by atoms with Crippen molar-refractivity contribution >= 4 is 27.8 Å². The molecule has 0 aromatic rings. The minimum absolute atomic E-state index is 1.05. The minimum atomic E-state index is -5.58. The van der Waals surface area contributed by atoms with Gasteiger partial charge in [0.1, 0.15) is 43.2 Å². The van der Waals surface area contributed by atoms with Gasteiger partial charge in [-0.1, -0.05) is 5.92 Å². The maximum absolute atomic E-state index is 12.6. The highest BCUT2D eigenvalue weighted by atomic mass is 31.2. The van der Waals surface area contributed by atoms with Crippen LogP contribution in [0.1, 0.15) is 6.92 Å². The van der Waals surface area contributed by atoms with E-state index in [-0.39, 0.29) is 0 Å². The fourth-order valence-electron chi connectivity index (χ4n) is 2.92. The highest BCUT2D eigenvalue weighted by Gasteiger charge is 2.54. The fourth-order valence-corrected chi connectivity index (χ4v) is 4.46. The van der Waals surface area contributed by atoms with Crippen molar-refractivity contribution in [1.82, 2.24) is 0 Å². The number of aliphatic hydroxyl groups is 4. The summed E-state index contributed by atoms with van der Waals surface area (Å²) in [4.78, 5) is 56.0. The van der Waals surface area contributed by atoms with Crippen LogP contribution in [0.25, 0.3) is 0 Å². The van der Waals surface area contributed by atoms with Gasteiger partial charge in [-0.25, -0.2) is 28.9 Å². The van der Waals surface area contributed by atoms with Crippen LogP contribution in [0.3, 0.4) is 0 Å². The van der Waals surface area contributed by atoms with Gasteiger partial charge < -0.3 is 44.6 Å². The molecule has 0 saturated heterocycles. The number of phosphoric acid groups is 2. The molecule has 0 aromatic carbocycles. The van der Waals surface area contributed by atoms with Gasteiger partial charge in [0, 0.05) is 36.2 Å². The first-order valence-corrected chi connectivity index (χ1v) is 15.9. The average molecular weight is 828 g/mol. The van der Waals surface area contributed by atoms with Crippen LogP contribution in [-0.4, -0.2) is 108 Å². The molecule has 0 heterocycles. The smallest absolute Gasteiger partial charge is 0.452 e. The molecule has 54 heavy (non-hydrogen) atoms. The lowest BCUT2D eigenvalue weighted by Crippen LogP contribution is -2.64. The maximum atomic E-state index is 12.6. The van der Waals surface area contributed by atoms with Gasteiger partial charge in [-0.05, 0) is 84.5 Å². The molecule has 0 aromatic heterocycles. The van der Waals surface area contributed by atoms with Crippen molar-refractivity contribution in [1.29, 1.82) is 0 Å². The molecule has 0 amide bonds. The van der Waals surface area contributed by atoms with Crippen LogP contribution < -0.4 is 0 Å². The van der Waals surface area contributed by atoms with E-state index in [1.165, 1.54) is 0 Å². The Morgan fingerprint density at radius 3 is 1.63 bits per heavy atom. The molecule has 300 valence electrons. The van der Waals surface area contributed by atoms with E-state index in [0.29, 0.717) is 0 Å². The molecule has 0 aliphatic heterocycles. The van der Waals surface area contributed by atoms with E-state index in [4.69, 9.17) is 19.8 Å². The van der Waals surface area contributed by atoms with E-state index >= 15 is 0 Å². The monoisotopic (exact) mass is 828 g/mol. The number of aliphatic hydroxyl groups excluding tert-OH is 4. The highest BCUT2D eigenvalue weighted by molar-refractivity contribution is 7.47. The zero-order chi connectivity index (χ0) is 40.4. The lowest BCUT2D eigenvalue weighted by Gasteiger charge is -2.43. The first kappa shape index (κ1) is 48.1. The van der Waals surface area contributed by atoms with Crippen molar-refractivity contribution in [3.8, 4) is 59.2 Å². The molecule has 0 radical (unpaired) electrons. The molecule has 1 fully saturated rings. The van der Waals surface area contributed by atoms with Gasteiger partial charge in [0.05, 0.1) is 6.61 Å². The number of carbonyl (C=O) groups is 2. The first-order chi connectivity index (χ1) is 25.6. The Bertz CT molecular complexity index is 1590. The van der Waals surface area contributed by atoms with E-state index in [1.54, 1.807) is 6.92 Å². The van der Waals surface area contributed by atoms with E-state index in [9.17, 15) is 44.0 Å². The van der Waals surface area contributed by atoms with Gasteiger partial charge in [-0.2, -0.15) is 0 Å². The minimum Gasteiger partial charge on any atom is -0.452 e. The Labute approximate surface area is 297 Å². The summed E-state index contributed by atoms with van der Waals surface area (Å²) in [5, 5.41) is 89.6. The van der Waals surface area contributed by atoms with Gasteiger partial charge in [0.25, 0.3) is 0 Å². The van der Waals surface area contributed by atoms with Crippen LogP contribution in [0.5, 0.6) is 0 Å². The summed E-state index contributed by atoms with van der Waals surface area (Å²) >= 11 is 0. The molecule has 1 aliphatic carbocycles. The second-order valence-electron chi connectivity index (χ2n) is 8.23. The molecule has 1 aliphatic rings. The third kappa shape index (κ3) is 21.7.